The van der Waals surface area contributed by atoms with Crippen molar-refractivity contribution < 1.29 is 18.7 Å². The third-order valence-corrected chi connectivity index (χ3v) is 4.96. The van der Waals surface area contributed by atoms with Crippen molar-refractivity contribution in [3.63, 3.8) is 0 Å². The first-order valence-electron chi connectivity index (χ1n) is 9.32. The van der Waals surface area contributed by atoms with Gasteiger partial charge in [-0.1, -0.05) is 17.7 Å². The Morgan fingerprint density at radius 2 is 1.89 bits per heavy atom. The molecule has 6 heteroatoms. The summed E-state index contributed by atoms with van der Waals surface area (Å²) in [6.45, 7) is 4.18. The number of furan rings is 1. The SMILES string of the molecule is Cc1ccc(OCCN(C)C(=O)C2CCN(C(=O)c3ccco3)CC2)cc1. The molecule has 1 aromatic carbocycles. The molecule has 0 aliphatic carbocycles. The molecule has 144 valence electrons. The van der Waals surface area contributed by atoms with Crippen LogP contribution in [0.4, 0.5) is 0 Å². The molecule has 2 aromatic rings. The van der Waals surface area contributed by atoms with Gasteiger partial charge >= 0.3 is 0 Å². The average Bonchev–Trinajstić information content (AvgIpc) is 3.23. The lowest BCUT2D eigenvalue weighted by Crippen LogP contribution is -2.44. The molecule has 0 saturated carbocycles. The molecule has 2 heterocycles. The summed E-state index contributed by atoms with van der Waals surface area (Å²) in [6, 6.07) is 11.2. The van der Waals surface area contributed by atoms with E-state index in [4.69, 9.17) is 9.15 Å². The summed E-state index contributed by atoms with van der Waals surface area (Å²) >= 11 is 0. The molecular formula is C21H26N2O4. The number of carbonyl (C=O) groups is 2. The second-order valence-corrected chi connectivity index (χ2v) is 6.97. The zero-order valence-corrected chi connectivity index (χ0v) is 15.9. The van der Waals surface area contributed by atoms with Crippen molar-refractivity contribution in [3.8, 4) is 5.75 Å². The predicted octanol–water partition coefficient (Wildman–Crippen LogP) is 2.98. The number of nitrogens with zero attached hydrogens (tertiary/aromatic N) is 2. The van der Waals surface area contributed by atoms with Crippen molar-refractivity contribution in [2.24, 2.45) is 5.92 Å². The van der Waals surface area contributed by atoms with Crippen LogP contribution in [0.3, 0.4) is 0 Å². The number of piperidine rings is 1. The number of carbonyl (C=O) groups excluding carboxylic acids is 2. The molecule has 1 aliphatic rings. The molecule has 2 amide bonds. The Hall–Kier alpha value is -2.76. The Labute approximate surface area is 159 Å². The molecule has 1 saturated heterocycles. The Morgan fingerprint density at radius 1 is 1.19 bits per heavy atom. The maximum absolute atomic E-state index is 12.6. The van der Waals surface area contributed by atoms with Crippen molar-refractivity contribution in [2.45, 2.75) is 19.8 Å². The summed E-state index contributed by atoms with van der Waals surface area (Å²) in [5, 5.41) is 0. The molecule has 0 spiro atoms. The molecule has 0 radical (unpaired) electrons. The first-order valence-corrected chi connectivity index (χ1v) is 9.32. The summed E-state index contributed by atoms with van der Waals surface area (Å²) < 4.78 is 10.9. The van der Waals surface area contributed by atoms with Gasteiger partial charge in [0.2, 0.25) is 5.91 Å². The molecule has 1 aliphatic heterocycles. The lowest BCUT2D eigenvalue weighted by Gasteiger charge is -2.32. The molecule has 0 atom stereocenters. The van der Waals surface area contributed by atoms with Crippen LogP contribution < -0.4 is 4.74 Å². The standard InChI is InChI=1S/C21H26N2O4/c1-16-5-7-18(8-6-16)26-15-13-22(2)20(24)17-9-11-23(12-10-17)21(25)19-4-3-14-27-19/h3-8,14,17H,9-13,15H2,1-2H3. The van der Waals surface area contributed by atoms with Crippen LogP contribution in [0.15, 0.2) is 47.1 Å². The maximum Gasteiger partial charge on any atom is 0.289 e. The highest BCUT2D eigenvalue weighted by molar-refractivity contribution is 5.91. The van der Waals surface area contributed by atoms with Crippen LogP contribution in [0.5, 0.6) is 5.75 Å². The summed E-state index contributed by atoms with van der Waals surface area (Å²) in [7, 11) is 1.81. The molecule has 3 rings (SSSR count). The summed E-state index contributed by atoms with van der Waals surface area (Å²) in [5.74, 6) is 1.13. The number of hydrogen-bond acceptors (Lipinski definition) is 4. The quantitative estimate of drug-likeness (QED) is 0.784. The number of amides is 2. The monoisotopic (exact) mass is 370 g/mol. The van der Waals surface area contributed by atoms with Gasteiger partial charge < -0.3 is 19.0 Å². The number of rotatable bonds is 6. The minimum atomic E-state index is -0.106. The number of ether oxygens (including phenoxy) is 1. The predicted molar refractivity (Wildman–Crippen MR) is 102 cm³/mol. The third kappa shape index (κ3) is 4.90. The minimum Gasteiger partial charge on any atom is -0.492 e. The summed E-state index contributed by atoms with van der Waals surface area (Å²) in [4.78, 5) is 28.4. The normalized spacial score (nSPS) is 14.8. The van der Waals surface area contributed by atoms with Gasteiger partial charge in [-0.3, -0.25) is 9.59 Å². The van der Waals surface area contributed by atoms with Crippen LogP contribution in [-0.2, 0) is 4.79 Å². The van der Waals surface area contributed by atoms with Crippen LogP contribution in [0, 0.1) is 12.8 Å². The van der Waals surface area contributed by atoms with Crippen LogP contribution in [-0.4, -0.2) is 54.9 Å². The number of aryl methyl sites for hydroxylation is 1. The van der Waals surface area contributed by atoms with Gasteiger partial charge in [0.25, 0.3) is 5.91 Å². The van der Waals surface area contributed by atoms with E-state index < -0.39 is 0 Å². The van der Waals surface area contributed by atoms with Crippen LogP contribution in [0.25, 0.3) is 0 Å². The largest absolute Gasteiger partial charge is 0.492 e. The van der Waals surface area contributed by atoms with E-state index in [2.05, 4.69) is 0 Å². The van der Waals surface area contributed by atoms with E-state index in [1.165, 1.54) is 11.8 Å². The van der Waals surface area contributed by atoms with E-state index in [0.717, 1.165) is 5.75 Å². The Morgan fingerprint density at radius 3 is 2.52 bits per heavy atom. The number of hydrogen-bond donors (Lipinski definition) is 0. The number of likely N-dealkylation sites (N-methyl/N-ethyl adjacent to an activating group) is 1. The van der Waals surface area contributed by atoms with Gasteiger partial charge in [0.05, 0.1) is 12.8 Å². The van der Waals surface area contributed by atoms with E-state index >= 15 is 0 Å². The zero-order chi connectivity index (χ0) is 19.2. The molecule has 27 heavy (non-hydrogen) atoms. The molecule has 6 nitrogen and oxygen atoms in total. The van der Waals surface area contributed by atoms with Crippen molar-refractivity contribution in [2.75, 3.05) is 33.3 Å². The highest BCUT2D eigenvalue weighted by atomic mass is 16.5. The third-order valence-electron chi connectivity index (χ3n) is 4.96. The highest BCUT2D eigenvalue weighted by Crippen LogP contribution is 2.21. The van der Waals surface area contributed by atoms with Gasteiger partial charge in [0.15, 0.2) is 5.76 Å². The van der Waals surface area contributed by atoms with Crippen molar-refractivity contribution >= 4 is 11.8 Å². The van der Waals surface area contributed by atoms with Crippen molar-refractivity contribution in [1.82, 2.24) is 9.80 Å². The fourth-order valence-corrected chi connectivity index (χ4v) is 3.24. The smallest absolute Gasteiger partial charge is 0.289 e. The molecule has 1 fully saturated rings. The van der Waals surface area contributed by atoms with Gasteiger partial charge in [-0.05, 0) is 44.0 Å². The maximum atomic E-state index is 12.6. The number of benzene rings is 1. The van der Waals surface area contributed by atoms with Gasteiger partial charge in [0.1, 0.15) is 12.4 Å². The van der Waals surface area contributed by atoms with Gasteiger partial charge in [-0.25, -0.2) is 0 Å². The lowest BCUT2D eigenvalue weighted by molar-refractivity contribution is -0.135. The highest BCUT2D eigenvalue weighted by Gasteiger charge is 2.30. The first kappa shape index (κ1) is 19.0. The fourth-order valence-electron chi connectivity index (χ4n) is 3.24. The van der Waals surface area contributed by atoms with E-state index in [1.54, 1.807) is 29.0 Å². The fraction of sp³-hybridized carbons (Fsp3) is 0.429. The molecule has 0 unspecified atom stereocenters. The van der Waals surface area contributed by atoms with Crippen LogP contribution in [0.1, 0.15) is 29.0 Å². The van der Waals surface area contributed by atoms with E-state index in [9.17, 15) is 9.59 Å². The van der Waals surface area contributed by atoms with Crippen LogP contribution >= 0.6 is 0 Å². The average molecular weight is 370 g/mol. The number of likely N-dealkylation sites (tertiary alicyclic amines) is 1. The molecular weight excluding hydrogens is 344 g/mol. The Kier molecular flexibility index (Phi) is 6.16. The van der Waals surface area contributed by atoms with Crippen molar-refractivity contribution in [3.05, 3.63) is 54.0 Å². The summed E-state index contributed by atoms with van der Waals surface area (Å²) in [5.41, 5.74) is 1.19. The van der Waals surface area contributed by atoms with E-state index in [1.807, 2.05) is 31.2 Å². The first-order chi connectivity index (χ1) is 13.0. The molecule has 1 aromatic heterocycles. The second-order valence-electron chi connectivity index (χ2n) is 6.97. The zero-order valence-electron chi connectivity index (χ0n) is 15.9. The topological polar surface area (TPSA) is 63.0 Å². The minimum absolute atomic E-state index is 0.0463. The van der Waals surface area contributed by atoms with E-state index in [-0.39, 0.29) is 17.7 Å². The molecule has 0 N–H and O–H groups in total. The van der Waals surface area contributed by atoms with Gasteiger partial charge in [-0.2, -0.15) is 0 Å². The van der Waals surface area contributed by atoms with Gasteiger partial charge in [-0.15, -0.1) is 0 Å². The van der Waals surface area contributed by atoms with E-state index in [0.29, 0.717) is 44.8 Å². The molecule has 0 bridgehead atoms. The van der Waals surface area contributed by atoms with Crippen LogP contribution in [0.2, 0.25) is 0 Å². The second kappa shape index (κ2) is 8.75. The Balaban J connectivity index is 1.41. The summed E-state index contributed by atoms with van der Waals surface area (Å²) in [6.07, 6.45) is 2.85. The lowest BCUT2D eigenvalue weighted by atomic mass is 9.95. The van der Waals surface area contributed by atoms with Gasteiger partial charge in [0, 0.05) is 26.1 Å². The van der Waals surface area contributed by atoms with Crippen molar-refractivity contribution in [1.29, 1.82) is 0 Å². The Bertz CT molecular complexity index is 747.